The molecule has 0 saturated heterocycles. The molecule has 2 heterocycles. The van der Waals surface area contributed by atoms with Crippen molar-refractivity contribution in [3.8, 4) is 11.8 Å². The number of carbonyl (C=O) groups excluding carboxylic acids is 1. The number of rotatable bonds is 2. The van der Waals surface area contributed by atoms with Gasteiger partial charge in [0.25, 0.3) is 0 Å². The quantitative estimate of drug-likeness (QED) is 0.549. The molecule has 0 radical (unpaired) electrons. The summed E-state index contributed by atoms with van der Waals surface area (Å²) in [6, 6.07) is 7.26. The molecule has 2 aromatic heterocycles. The van der Waals surface area contributed by atoms with Crippen molar-refractivity contribution in [2.75, 3.05) is 0 Å². The molecule has 0 unspecified atom stereocenters. The molecule has 0 aliphatic heterocycles. The zero-order valence-electron chi connectivity index (χ0n) is 15.2. The van der Waals surface area contributed by atoms with Gasteiger partial charge in [-0.25, -0.2) is 0 Å². The maximum absolute atomic E-state index is 12.9. The molecular formula is C19H19BN4O2. The van der Waals surface area contributed by atoms with E-state index < -0.39 is 0 Å². The van der Waals surface area contributed by atoms with E-state index in [4.69, 9.17) is 0 Å². The number of benzene rings is 1. The second-order valence-electron chi connectivity index (χ2n) is 6.28. The van der Waals surface area contributed by atoms with Gasteiger partial charge in [-0.05, 0) is 24.4 Å². The molecular weight excluding hydrogens is 327 g/mol. The molecule has 3 rings (SSSR count). The number of nitrogens with zero attached hydrogens (tertiary/aromatic N) is 3. The van der Waals surface area contributed by atoms with Crippen LogP contribution in [0.15, 0.2) is 41.5 Å². The first-order valence-electron chi connectivity index (χ1n) is 8.27. The van der Waals surface area contributed by atoms with E-state index >= 15 is 0 Å². The van der Waals surface area contributed by atoms with Gasteiger partial charge in [0, 0.05) is 31.4 Å². The fourth-order valence-corrected chi connectivity index (χ4v) is 2.99. The lowest BCUT2D eigenvalue weighted by atomic mass is 10.0. The van der Waals surface area contributed by atoms with Crippen molar-refractivity contribution >= 4 is 24.7 Å². The molecule has 0 aliphatic carbocycles. The van der Waals surface area contributed by atoms with E-state index in [0.717, 1.165) is 16.6 Å². The van der Waals surface area contributed by atoms with E-state index in [1.54, 1.807) is 23.3 Å². The Labute approximate surface area is 152 Å². The molecule has 0 spiro atoms. The van der Waals surface area contributed by atoms with Gasteiger partial charge in [-0.3, -0.25) is 14.3 Å². The molecule has 0 aliphatic rings. The van der Waals surface area contributed by atoms with Gasteiger partial charge in [-0.2, -0.15) is 5.10 Å². The topological polar surface area (TPSA) is 68.9 Å². The first-order chi connectivity index (χ1) is 12.4. The van der Waals surface area contributed by atoms with Gasteiger partial charge in [0.2, 0.25) is 19.4 Å². The third-order valence-electron chi connectivity index (χ3n) is 4.22. The van der Waals surface area contributed by atoms with Crippen molar-refractivity contribution < 1.29 is 4.79 Å². The third-order valence-corrected chi connectivity index (χ3v) is 4.22. The summed E-state index contributed by atoms with van der Waals surface area (Å²) in [4.78, 5) is 24.3. The van der Waals surface area contributed by atoms with Gasteiger partial charge in [-0.15, -0.1) is 0 Å². The van der Waals surface area contributed by atoms with Crippen LogP contribution >= 0.6 is 0 Å². The molecule has 130 valence electrons. The summed E-state index contributed by atoms with van der Waals surface area (Å²) in [6.45, 7) is 3.32. The number of hydrogen-bond donors (Lipinski definition) is 1. The number of fused-ring (bicyclic) bond motifs is 1. The normalized spacial score (nSPS) is 11.7. The van der Waals surface area contributed by atoms with Crippen molar-refractivity contribution in [2.24, 2.45) is 7.05 Å². The smallest absolute Gasteiger partial charge is 0.247 e. The molecule has 0 bridgehead atoms. The van der Waals surface area contributed by atoms with Crippen molar-refractivity contribution in [2.45, 2.75) is 19.9 Å². The van der Waals surface area contributed by atoms with E-state index in [1.165, 1.54) is 6.92 Å². The van der Waals surface area contributed by atoms with Crippen LogP contribution in [0.5, 0.6) is 0 Å². The summed E-state index contributed by atoms with van der Waals surface area (Å²) < 4.78 is 3.25. The fourth-order valence-electron chi connectivity index (χ4n) is 2.99. The van der Waals surface area contributed by atoms with E-state index in [-0.39, 0.29) is 17.5 Å². The largest absolute Gasteiger partial charge is 0.363 e. The van der Waals surface area contributed by atoms with Crippen LogP contribution in [-0.4, -0.2) is 28.1 Å². The molecule has 0 fully saturated rings. The van der Waals surface area contributed by atoms with E-state index in [1.807, 2.05) is 44.4 Å². The van der Waals surface area contributed by atoms with Crippen molar-refractivity contribution in [1.82, 2.24) is 19.6 Å². The zero-order chi connectivity index (χ0) is 18.8. The Kier molecular flexibility index (Phi) is 4.68. The molecule has 0 saturated carbocycles. The first kappa shape index (κ1) is 17.6. The summed E-state index contributed by atoms with van der Waals surface area (Å²) >= 11 is 0. The van der Waals surface area contributed by atoms with Gasteiger partial charge in [0.05, 0.1) is 23.2 Å². The zero-order valence-corrected chi connectivity index (χ0v) is 15.2. The Morgan fingerprint density at radius 1 is 1.35 bits per heavy atom. The molecule has 1 atom stereocenters. The lowest BCUT2D eigenvalue weighted by Crippen LogP contribution is -2.31. The Balaban J connectivity index is 2.14. The molecule has 1 amide bonds. The predicted molar refractivity (Wildman–Crippen MR) is 104 cm³/mol. The van der Waals surface area contributed by atoms with Gasteiger partial charge >= 0.3 is 0 Å². The van der Waals surface area contributed by atoms with Crippen molar-refractivity contribution in [3.63, 3.8) is 0 Å². The number of hydrogen-bond acceptors (Lipinski definition) is 3. The first-order valence-corrected chi connectivity index (χ1v) is 8.27. The second kappa shape index (κ2) is 6.92. The van der Waals surface area contributed by atoms with Crippen LogP contribution in [-0.2, 0) is 11.8 Å². The number of aryl methyl sites for hydroxylation is 1. The molecule has 7 heteroatoms. The van der Waals surface area contributed by atoms with Crippen molar-refractivity contribution in [3.05, 3.63) is 63.8 Å². The standard InChI is InChI=1S/C19H19BN4O2/c1-12(22-13(2)25)17-9-16-6-4-5-15(18(16)19(26)24(17)20)8-7-14-10-21-23(3)11-14/h4-6,9-12H,20H2,1-3H3,(H,22,25)/t12-/m0/s1. The Hall–Kier alpha value is -3.27. The minimum atomic E-state index is -0.264. The molecule has 3 aromatic rings. The highest BCUT2D eigenvalue weighted by atomic mass is 16.1. The Bertz CT molecular complexity index is 1120. The van der Waals surface area contributed by atoms with Crippen LogP contribution in [0.4, 0.5) is 0 Å². The van der Waals surface area contributed by atoms with Gasteiger partial charge in [0.1, 0.15) is 0 Å². The summed E-state index contributed by atoms with van der Waals surface area (Å²) in [7, 11) is 3.54. The van der Waals surface area contributed by atoms with Crippen LogP contribution in [0.25, 0.3) is 10.8 Å². The summed E-state index contributed by atoms with van der Waals surface area (Å²) in [5.74, 6) is 5.99. The van der Waals surface area contributed by atoms with Crippen LogP contribution in [0.2, 0.25) is 0 Å². The summed E-state index contributed by atoms with van der Waals surface area (Å²) in [6.07, 6.45) is 3.51. The number of pyridine rings is 1. The molecule has 1 N–H and O–H groups in total. The average molecular weight is 346 g/mol. The predicted octanol–water partition coefficient (Wildman–Crippen LogP) is 0.728. The summed E-state index contributed by atoms with van der Waals surface area (Å²) in [5.41, 5.74) is 2.07. The maximum Gasteiger partial charge on any atom is 0.247 e. The number of carbonyl (C=O) groups is 1. The van der Waals surface area contributed by atoms with Crippen LogP contribution in [0.3, 0.4) is 0 Å². The average Bonchev–Trinajstić information content (AvgIpc) is 3.00. The van der Waals surface area contributed by atoms with Crippen LogP contribution in [0, 0.1) is 11.8 Å². The lowest BCUT2D eigenvalue weighted by Gasteiger charge is -2.18. The van der Waals surface area contributed by atoms with Gasteiger partial charge < -0.3 is 9.79 Å². The number of amides is 1. The summed E-state index contributed by atoms with van der Waals surface area (Å²) in [5, 5.41) is 8.29. The SMILES string of the molecule is Bn1c([C@H](C)NC(C)=O)cc2cccc(C#Cc3cnn(C)c3)c2c1=O. The van der Waals surface area contributed by atoms with Gasteiger partial charge in [0.15, 0.2) is 0 Å². The third kappa shape index (κ3) is 3.40. The highest BCUT2D eigenvalue weighted by Crippen LogP contribution is 2.19. The van der Waals surface area contributed by atoms with E-state index in [9.17, 15) is 9.59 Å². The molecule has 1 aromatic carbocycles. The highest BCUT2D eigenvalue weighted by molar-refractivity contribution is 6.08. The second-order valence-corrected chi connectivity index (χ2v) is 6.28. The number of aromatic nitrogens is 3. The van der Waals surface area contributed by atoms with E-state index in [2.05, 4.69) is 22.3 Å². The minimum Gasteiger partial charge on any atom is -0.363 e. The Morgan fingerprint density at radius 3 is 2.77 bits per heavy atom. The van der Waals surface area contributed by atoms with Crippen LogP contribution in [0.1, 0.15) is 36.7 Å². The minimum absolute atomic E-state index is 0.134. The van der Waals surface area contributed by atoms with Crippen LogP contribution < -0.4 is 10.9 Å². The number of nitrogens with one attached hydrogen (secondary N) is 1. The molecule has 6 nitrogen and oxygen atoms in total. The highest BCUT2D eigenvalue weighted by Gasteiger charge is 2.14. The van der Waals surface area contributed by atoms with Crippen molar-refractivity contribution in [1.29, 1.82) is 0 Å². The lowest BCUT2D eigenvalue weighted by molar-refractivity contribution is -0.119. The van der Waals surface area contributed by atoms with E-state index in [0.29, 0.717) is 10.9 Å². The van der Waals surface area contributed by atoms with Gasteiger partial charge in [-0.1, -0.05) is 24.0 Å². The monoisotopic (exact) mass is 346 g/mol. The fraction of sp³-hybridized carbons (Fsp3) is 0.211. The Morgan fingerprint density at radius 2 is 2.12 bits per heavy atom. The maximum atomic E-state index is 12.9. The molecule has 26 heavy (non-hydrogen) atoms.